The van der Waals surface area contributed by atoms with Gasteiger partial charge in [-0.25, -0.2) is 9.97 Å². The Morgan fingerprint density at radius 3 is 2.50 bits per heavy atom. The Morgan fingerprint density at radius 1 is 1.10 bits per heavy atom. The van der Waals surface area contributed by atoms with Crippen molar-refractivity contribution in [2.24, 2.45) is 0 Å². The maximum absolute atomic E-state index is 8.56. The van der Waals surface area contributed by atoms with Crippen LogP contribution in [-0.2, 0) is 6.42 Å². The smallest absolute Gasteiger partial charge is 0.132 e. The highest BCUT2D eigenvalue weighted by Gasteiger charge is 2.01. The molecule has 5 heteroatoms. The van der Waals surface area contributed by atoms with Crippen LogP contribution in [0.3, 0.4) is 0 Å². The minimum Gasteiger partial charge on any atom is -0.370 e. The second-order valence-electron chi connectivity index (χ2n) is 4.36. The summed E-state index contributed by atoms with van der Waals surface area (Å²) in [5, 5.41) is 14.8. The molecule has 0 saturated heterocycles. The zero-order chi connectivity index (χ0) is 14.2. The van der Waals surface area contributed by atoms with Gasteiger partial charge in [0.05, 0.1) is 6.07 Å². The molecule has 0 saturated carbocycles. The molecule has 2 N–H and O–H groups in total. The first kappa shape index (κ1) is 13.8. The monoisotopic (exact) mass is 267 g/mol. The zero-order valence-electron chi connectivity index (χ0n) is 11.4. The Labute approximate surface area is 118 Å². The van der Waals surface area contributed by atoms with Crippen molar-refractivity contribution in [2.75, 3.05) is 23.7 Å². The van der Waals surface area contributed by atoms with Gasteiger partial charge in [-0.15, -0.1) is 0 Å². The maximum Gasteiger partial charge on any atom is 0.132 e. The molecule has 0 amide bonds. The molecule has 2 aromatic rings. The molecule has 0 fully saturated rings. The standard InChI is InChI=1S/C15H17N5/c1-12-19-14(11-15(20-12)18-10-8-16)17-9-7-13-5-3-2-4-6-13/h2-6,11H,7,9-10H2,1H3,(H2,17,18,19,20). The van der Waals surface area contributed by atoms with Crippen molar-refractivity contribution in [2.45, 2.75) is 13.3 Å². The first-order chi connectivity index (χ1) is 9.78. The van der Waals surface area contributed by atoms with Crippen molar-refractivity contribution in [3.63, 3.8) is 0 Å². The number of nitriles is 1. The number of benzene rings is 1. The summed E-state index contributed by atoms with van der Waals surface area (Å²) >= 11 is 0. The summed E-state index contributed by atoms with van der Waals surface area (Å²) < 4.78 is 0. The van der Waals surface area contributed by atoms with Gasteiger partial charge in [0.25, 0.3) is 0 Å². The lowest BCUT2D eigenvalue weighted by Gasteiger charge is -2.08. The molecule has 1 aromatic carbocycles. The average Bonchev–Trinajstić information content (AvgIpc) is 2.46. The summed E-state index contributed by atoms with van der Waals surface area (Å²) in [5.74, 6) is 2.12. The second-order valence-corrected chi connectivity index (χ2v) is 4.36. The molecule has 5 nitrogen and oxygen atoms in total. The summed E-state index contributed by atoms with van der Waals surface area (Å²) in [6.07, 6.45) is 0.935. The van der Waals surface area contributed by atoms with Crippen molar-refractivity contribution in [3.8, 4) is 6.07 Å². The lowest BCUT2D eigenvalue weighted by molar-refractivity contribution is 0.980. The molecule has 0 spiro atoms. The van der Waals surface area contributed by atoms with E-state index < -0.39 is 0 Å². The van der Waals surface area contributed by atoms with E-state index >= 15 is 0 Å². The largest absolute Gasteiger partial charge is 0.370 e. The summed E-state index contributed by atoms with van der Waals surface area (Å²) in [6, 6.07) is 14.1. The fourth-order valence-electron chi connectivity index (χ4n) is 1.86. The summed E-state index contributed by atoms with van der Waals surface area (Å²) in [4.78, 5) is 8.55. The SMILES string of the molecule is Cc1nc(NCC#N)cc(NCCc2ccccc2)n1. The molecule has 0 aliphatic carbocycles. The highest BCUT2D eigenvalue weighted by atomic mass is 15.1. The number of aryl methyl sites for hydroxylation is 1. The molecule has 0 atom stereocenters. The van der Waals surface area contributed by atoms with Crippen LogP contribution in [0.1, 0.15) is 11.4 Å². The number of nitrogens with zero attached hydrogens (tertiary/aromatic N) is 3. The van der Waals surface area contributed by atoms with Gasteiger partial charge in [-0.3, -0.25) is 0 Å². The number of nitrogens with one attached hydrogen (secondary N) is 2. The molecule has 0 bridgehead atoms. The third kappa shape index (κ3) is 4.25. The highest BCUT2D eigenvalue weighted by molar-refractivity contribution is 5.48. The van der Waals surface area contributed by atoms with E-state index in [4.69, 9.17) is 5.26 Å². The van der Waals surface area contributed by atoms with Gasteiger partial charge in [0.1, 0.15) is 24.0 Å². The van der Waals surface area contributed by atoms with Gasteiger partial charge < -0.3 is 10.6 Å². The molecule has 2 rings (SSSR count). The van der Waals surface area contributed by atoms with Crippen LogP contribution >= 0.6 is 0 Å². The van der Waals surface area contributed by atoms with Crippen LogP contribution in [0.25, 0.3) is 0 Å². The van der Waals surface area contributed by atoms with E-state index in [0.717, 1.165) is 18.8 Å². The second kappa shape index (κ2) is 7.10. The normalized spacial score (nSPS) is 9.80. The maximum atomic E-state index is 8.56. The predicted octanol–water partition coefficient (Wildman–Crippen LogP) is 2.38. The fraction of sp³-hybridized carbons (Fsp3) is 0.267. The third-order valence-electron chi connectivity index (χ3n) is 2.75. The van der Waals surface area contributed by atoms with Gasteiger partial charge in [-0.2, -0.15) is 5.26 Å². The van der Waals surface area contributed by atoms with Gasteiger partial charge in [-0.05, 0) is 18.9 Å². The lowest BCUT2D eigenvalue weighted by Crippen LogP contribution is -2.09. The molecular formula is C15H17N5. The number of rotatable bonds is 6. The quantitative estimate of drug-likeness (QED) is 0.786. The topological polar surface area (TPSA) is 73.6 Å². The first-order valence-electron chi connectivity index (χ1n) is 6.52. The number of aromatic nitrogens is 2. The van der Waals surface area contributed by atoms with Crippen molar-refractivity contribution < 1.29 is 0 Å². The molecule has 0 aliphatic rings. The van der Waals surface area contributed by atoms with E-state index in [1.54, 1.807) is 0 Å². The minimum atomic E-state index is 0.236. The third-order valence-corrected chi connectivity index (χ3v) is 2.75. The molecule has 0 unspecified atom stereocenters. The van der Waals surface area contributed by atoms with Crippen LogP contribution in [0, 0.1) is 18.3 Å². The summed E-state index contributed by atoms with van der Waals surface area (Å²) in [7, 11) is 0. The van der Waals surface area contributed by atoms with E-state index in [-0.39, 0.29) is 6.54 Å². The lowest BCUT2D eigenvalue weighted by atomic mass is 10.1. The van der Waals surface area contributed by atoms with Gasteiger partial charge in [0.2, 0.25) is 0 Å². The Bertz CT molecular complexity index is 589. The van der Waals surface area contributed by atoms with Gasteiger partial charge in [0.15, 0.2) is 0 Å². The van der Waals surface area contributed by atoms with Crippen LogP contribution in [0.15, 0.2) is 36.4 Å². The van der Waals surface area contributed by atoms with Crippen LogP contribution in [0.5, 0.6) is 0 Å². The number of hydrogen-bond acceptors (Lipinski definition) is 5. The molecule has 0 aliphatic heterocycles. The Balaban J connectivity index is 1.92. The molecule has 1 aromatic heterocycles. The van der Waals surface area contributed by atoms with Gasteiger partial charge in [0, 0.05) is 12.6 Å². The zero-order valence-corrected chi connectivity index (χ0v) is 11.4. The van der Waals surface area contributed by atoms with Crippen LogP contribution in [0.2, 0.25) is 0 Å². The van der Waals surface area contributed by atoms with E-state index in [0.29, 0.717) is 11.6 Å². The summed E-state index contributed by atoms with van der Waals surface area (Å²) in [6.45, 7) is 2.87. The van der Waals surface area contributed by atoms with E-state index in [9.17, 15) is 0 Å². The molecule has 102 valence electrons. The van der Waals surface area contributed by atoms with Gasteiger partial charge in [-0.1, -0.05) is 30.3 Å². The van der Waals surface area contributed by atoms with Crippen LogP contribution in [-0.4, -0.2) is 23.1 Å². The minimum absolute atomic E-state index is 0.236. The summed E-state index contributed by atoms with van der Waals surface area (Å²) in [5.41, 5.74) is 1.29. The molecule has 0 radical (unpaired) electrons. The molecule has 1 heterocycles. The first-order valence-corrected chi connectivity index (χ1v) is 6.52. The predicted molar refractivity (Wildman–Crippen MR) is 79.5 cm³/mol. The number of hydrogen-bond donors (Lipinski definition) is 2. The van der Waals surface area contributed by atoms with E-state index in [1.165, 1.54) is 5.56 Å². The van der Waals surface area contributed by atoms with Gasteiger partial charge >= 0.3 is 0 Å². The highest BCUT2D eigenvalue weighted by Crippen LogP contribution is 2.11. The Hall–Kier alpha value is -2.61. The van der Waals surface area contributed by atoms with Crippen LogP contribution in [0.4, 0.5) is 11.6 Å². The number of anilines is 2. The van der Waals surface area contributed by atoms with E-state index in [2.05, 4.69) is 32.7 Å². The molecular weight excluding hydrogens is 250 g/mol. The van der Waals surface area contributed by atoms with Crippen molar-refractivity contribution >= 4 is 11.6 Å². The Kier molecular flexibility index (Phi) is 4.90. The van der Waals surface area contributed by atoms with Crippen molar-refractivity contribution in [1.82, 2.24) is 9.97 Å². The average molecular weight is 267 g/mol. The Morgan fingerprint density at radius 2 is 1.80 bits per heavy atom. The van der Waals surface area contributed by atoms with E-state index in [1.807, 2.05) is 37.3 Å². The molecule has 20 heavy (non-hydrogen) atoms. The van der Waals surface area contributed by atoms with Crippen LogP contribution < -0.4 is 10.6 Å². The van der Waals surface area contributed by atoms with Crippen molar-refractivity contribution in [3.05, 3.63) is 47.8 Å². The van der Waals surface area contributed by atoms with Crippen molar-refractivity contribution in [1.29, 1.82) is 5.26 Å². The fourth-order valence-corrected chi connectivity index (χ4v) is 1.86.